The van der Waals surface area contributed by atoms with Crippen molar-refractivity contribution in [3.63, 3.8) is 0 Å². The number of hydrogen-bond donors (Lipinski definition) is 0. The first kappa shape index (κ1) is 23.2. The van der Waals surface area contributed by atoms with Crippen LogP contribution in [0.2, 0.25) is 0 Å². The molecule has 2 heterocycles. The Morgan fingerprint density at radius 3 is 2.43 bits per heavy atom. The first-order valence-electron chi connectivity index (χ1n) is 12.4. The molecule has 1 aliphatic heterocycles. The number of aromatic nitrogens is 1. The molecule has 0 saturated heterocycles. The third-order valence-corrected chi connectivity index (χ3v) is 6.94. The number of rotatable bonds is 7. The number of carbonyl (C=O) groups excluding carboxylic acids is 1. The number of hydrogen-bond acceptors (Lipinski definition) is 6. The van der Waals surface area contributed by atoms with Gasteiger partial charge in [0.05, 0.1) is 25.4 Å². The van der Waals surface area contributed by atoms with E-state index in [2.05, 4.69) is 6.07 Å². The predicted molar refractivity (Wildman–Crippen MR) is 140 cm³/mol. The fourth-order valence-corrected chi connectivity index (χ4v) is 4.76. The molecule has 6 rings (SSSR count). The summed E-state index contributed by atoms with van der Waals surface area (Å²) in [6.07, 6.45) is 1.99. The number of ether oxygens (including phenoxy) is 4. The number of fused-ring (bicyclic) bond motifs is 2. The Kier molecular flexibility index (Phi) is 5.83. The number of aryl methyl sites for hydroxylation is 1. The zero-order chi connectivity index (χ0) is 25.5. The fraction of sp³-hybridized carbons (Fsp3) is 0.267. The van der Waals surface area contributed by atoms with E-state index >= 15 is 0 Å². The number of benzene rings is 3. The normalized spacial score (nSPS) is 14.0. The minimum Gasteiger partial charge on any atom is -0.497 e. The molecule has 0 unspecified atom stereocenters. The third kappa shape index (κ3) is 4.42. The SMILES string of the molecule is COc1ccc(OC)c(-c2nc3cc4c(cc3cc2CN(C(=O)c2ccc(C)cc2)C2CC2)OCO4)c1. The van der Waals surface area contributed by atoms with E-state index in [0.29, 0.717) is 35.1 Å². The molecule has 1 aromatic heterocycles. The molecule has 4 aromatic rings. The Labute approximate surface area is 215 Å². The summed E-state index contributed by atoms with van der Waals surface area (Å²) >= 11 is 0. The van der Waals surface area contributed by atoms with Gasteiger partial charge in [-0.1, -0.05) is 17.7 Å². The molecule has 0 spiro atoms. The van der Waals surface area contributed by atoms with Gasteiger partial charge in [-0.15, -0.1) is 0 Å². The van der Waals surface area contributed by atoms with Gasteiger partial charge in [0.2, 0.25) is 6.79 Å². The summed E-state index contributed by atoms with van der Waals surface area (Å²) in [6, 6.07) is 19.6. The van der Waals surface area contributed by atoms with Crippen LogP contribution in [0.5, 0.6) is 23.0 Å². The number of amides is 1. The molecule has 1 fully saturated rings. The van der Waals surface area contributed by atoms with Gasteiger partial charge in [-0.2, -0.15) is 0 Å². The van der Waals surface area contributed by atoms with E-state index in [1.807, 2.05) is 66.4 Å². The molecule has 3 aromatic carbocycles. The summed E-state index contributed by atoms with van der Waals surface area (Å²) in [4.78, 5) is 20.7. The summed E-state index contributed by atoms with van der Waals surface area (Å²) in [5.74, 6) is 2.77. The largest absolute Gasteiger partial charge is 0.497 e. The number of methoxy groups -OCH3 is 2. The highest BCUT2D eigenvalue weighted by Crippen LogP contribution is 2.41. The van der Waals surface area contributed by atoms with Crippen LogP contribution in [0.1, 0.15) is 34.3 Å². The molecule has 37 heavy (non-hydrogen) atoms. The first-order chi connectivity index (χ1) is 18.0. The highest BCUT2D eigenvalue weighted by molar-refractivity contribution is 5.95. The Balaban J connectivity index is 1.49. The molecule has 1 aliphatic carbocycles. The van der Waals surface area contributed by atoms with Crippen molar-refractivity contribution in [1.29, 1.82) is 0 Å². The van der Waals surface area contributed by atoms with Crippen LogP contribution in [-0.4, -0.2) is 42.8 Å². The average Bonchev–Trinajstić information content (AvgIpc) is 3.67. The Morgan fingerprint density at radius 2 is 1.73 bits per heavy atom. The van der Waals surface area contributed by atoms with Crippen molar-refractivity contribution in [2.75, 3.05) is 21.0 Å². The van der Waals surface area contributed by atoms with Gasteiger partial charge in [-0.05, 0) is 67.8 Å². The van der Waals surface area contributed by atoms with Crippen molar-refractivity contribution in [2.24, 2.45) is 0 Å². The van der Waals surface area contributed by atoms with Gasteiger partial charge in [0.1, 0.15) is 11.5 Å². The van der Waals surface area contributed by atoms with E-state index in [0.717, 1.165) is 46.1 Å². The molecule has 0 atom stereocenters. The van der Waals surface area contributed by atoms with Crippen LogP contribution >= 0.6 is 0 Å². The lowest BCUT2D eigenvalue weighted by molar-refractivity contribution is 0.0730. The van der Waals surface area contributed by atoms with Crippen LogP contribution in [0.25, 0.3) is 22.2 Å². The van der Waals surface area contributed by atoms with Crippen molar-refractivity contribution in [3.8, 4) is 34.3 Å². The maximum Gasteiger partial charge on any atom is 0.254 e. The first-order valence-corrected chi connectivity index (χ1v) is 12.4. The molecular formula is C30H28N2O5. The maximum absolute atomic E-state index is 13.7. The molecule has 0 bridgehead atoms. The smallest absolute Gasteiger partial charge is 0.254 e. The second kappa shape index (κ2) is 9.32. The molecule has 2 aliphatic rings. The van der Waals surface area contributed by atoms with Gasteiger partial charge < -0.3 is 23.8 Å². The van der Waals surface area contributed by atoms with Crippen molar-refractivity contribution in [1.82, 2.24) is 9.88 Å². The van der Waals surface area contributed by atoms with Crippen LogP contribution in [-0.2, 0) is 6.54 Å². The van der Waals surface area contributed by atoms with Gasteiger partial charge >= 0.3 is 0 Å². The van der Waals surface area contributed by atoms with Gasteiger partial charge in [0.15, 0.2) is 11.5 Å². The Bertz CT molecular complexity index is 1490. The van der Waals surface area contributed by atoms with Gasteiger partial charge in [0.25, 0.3) is 5.91 Å². The van der Waals surface area contributed by atoms with E-state index < -0.39 is 0 Å². The highest BCUT2D eigenvalue weighted by atomic mass is 16.7. The number of carbonyl (C=O) groups is 1. The maximum atomic E-state index is 13.7. The van der Waals surface area contributed by atoms with E-state index in [1.165, 1.54) is 0 Å². The van der Waals surface area contributed by atoms with Crippen LogP contribution in [0.15, 0.2) is 60.7 Å². The number of pyridine rings is 1. The van der Waals surface area contributed by atoms with Gasteiger partial charge in [0, 0.05) is 35.2 Å². The van der Waals surface area contributed by atoms with Crippen molar-refractivity contribution < 1.29 is 23.7 Å². The molecule has 1 saturated carbocycles. The topological polar surface area (TPSA) is 70.1 Å². The predicted octanol–water partition coefficient (Wildman–Crippen LogP) is 5.76. The third-order valence-electron chi connectivity index (χ3n) is 6.94. The molecule has 1 amide bonds. The molecule has 7 heteroatoms. The number of nitrogens with zero attached hydrogens (tertiary/aromatic N) is 2. The molecule has 188 valence electrons. The lowest BCUT2D eigenvalue weighted by Crippen LogP contribution is -2.32. The molecule has 7 nitrogen and oxygen atoms in total. The quantitative estimate of drug-likeness (QED) is 0.324. The summed E-state index contributed by atoms with van der Waals surface area (Å²) in [6.45, 7) is 2.63. The summed E-state index contributed by atoms with van der Waals surface area (Å²) in [7, 11) is 3.28. The van der Waals surface area contributed by atoms with E-state index in [-0.39, 0.29) is 18.7 Å². The molecule has 0 N–H and O–H groups in total. The van der Waals surface area contributed by atoms with Crippen LogP contribution in [0, 0.1) is 6.92 Å². The second-order valence-electron chi connectivity index (χ2n) is 9.49. The summed E-state index contributed by atoms with van der Waals surface area (Å²) in [5.41, 5.74) is 5.05. The molecule has 0 radical (unpaired) electrons. The van der Waals surface area contributed by atoms with E-state index in [1.54, 1.807) is 14.2 Å². The molecular weight excluding hydrogens is 468 g/mol. The Hall–Kier alpha value is -4.26. The lowest BCUT2D eigenvalue weighted by atomic mass is 10.0. The van der Waals surface area contributed by atoms with Crippen molar-refractivity contribution in [2.45, 2.75) is 32.4 Å². The summed E-state index contributed by atoms with van der Waals surface area (Å²) in [5, 5.41) is 0.920. The zero-order valence-corrected chi connectivity index (χ0v) is 21.1. The highest BCUT2D eigenvalue weighted by Gasteiger charge is 2.34. The van der Waals surface area contributed by atoms with Crippen LogP contribution < -0.4 is 18.9 Å². The Morgan fingerprint density at radius 1 is 0.973 bits per heavy atom. The standard InChI is InChI=1S/C30H28N2O5/c1-18-4-6-19(7-5-18)30(33)32(22-8-9-22)16-21-12-20-13-27-28(37-17-36-27)15-25(20)31-29(21)24-14-23(34-2)10-11-26(24)35-3/h4-7,10-15,22H,8-9,16-17H2,1-3H3. The van der Waals surface area contributed by atoms with Crippen LogP contribution in [0.4, 0.5) is 0 Å². The minimum absolute atomic E-state index is 0.0249. The summed E-state index contributed by atoms with van der Waals surface area (Å²) < 4.78 is 22.4. The second-order valence-corrected chi connectivity index (χ2v) is 9.49. The lowest BCUT2D eigenvalue weighted by Gasteiger charge is -2.25. The zero-order valence-electron chi connectivity index (χ0n) is 21.1. The van der Waals surface area contributed by atoms with E-state index in [4.69, 9.17) is 23.9 Å². The van der Waals surface area contributed by atoms with Crippen molar-refractivity contribution in [3.05, 3.63) is 77.4 Å². The van der Waals surface area contributed by atoms with Gasteiger partial charge in [-0.25, -0.2) is 4.98 Å². The van der Waals surface area contributed by atoms with Gasteiger partial charge in [-0.3, -0.25) is 4.79 Å². The van der Waals surface area contributed by atoms with E-state index in [9.17, 15) is 4.79 Å². The van der Waals surface area contributed by atoms with Crippen LogP contribution in [0.3, 0.4) is 0 Å². The average molecular weight is 497 g/mol. The minimum atomic E-state index is 0.0249. The fourth-order valence-electron chi connectivity index (χ4n) is 4.76. The van der Waals surface area contributed by atoms with Crippen molar-refractivity contribution >= 4 is 16.8 Å². The monoisotopic (exact) mass is 496 g/mol.